The topological polar surface area (TPSA) is 81.3 Å². The molecule has 28 heavy (non-hydrogen) atoms. The summed E-state index contributed by atoms with van der Waals surface area (Å²) in [6.07, 6.45) is 5.54. The van der Waals surface area contributed by atoms with Crippen molar-refractivity contribution in [2.24, 2.45) is 11.0 Å². The maximum atomic E-state index is 12.7. The van der Waals surface area contributed by atoms with Crippen molar-refractivity contribution < 1.29 is 0 Å². The minimum Gasteiger partial charge on any atom is -0.278 e. The van der Waals surface area contributed by atoms with Gasteiger partial charge in [0.25, 0.3) is 5.56 Å². The molecule has 0 saturated heterocycles. The summed E-state index contributed by atoms with van der Waals surface area (Å²) in [5.74, 6) is 0.885. The number of halogens is 1. The monoisotopic (exact) mass is 397 g/mol. The number of hydrazone groups is 1. The number of nitrogens with zero attached hydrogens (tertiary/aromatic N) is 4. The Morgan fingerprint density at radius 3 is 2.82 bits per heavy atom. The molecule has 0 bridgehead atoms. The molecule has 144 valence electrons. The zero-order chi connectivity index (χ0) is 19.7. The fraction of sp³-hybridized carbons (Fsp3) is 0.300. The quantitative estimate of drug-likeness (QED) is 0.512. The fourth-order valence-electron chi connectivity index (χ4n) is 3.15. The van der Waals surface area contributed by atoms with E-state index in [9.17, 15) is 9.59 Å². The molecule has 1 aliphatic carbocycles. The van der Waals surface area contributed by atoms with Crippen LogP contribution in [0.3, 0.4) is 0 Å². The van der Waals surface area contributed by atoms with E-state index in [1.807, 2.05) is 18.2 Å². The third-order valence-electron chi connectivity index (χ3n) is 4.85. The van der Waals surface area contributed by atoms with Crippen LogP contribution in [-0.2, 0) is 13.1 Å². The second kappa shape index (κ2) is 7.59. The predicted molar refractivity (Wildman–Crippen MR) is 111 cm³/mol. The molecule has 2 heterocycles. The second-order valence-electron chi connectivity index (χ2n) is 6.88. The lowest BCUT2D eigenvalue weighted by molar-refractivity contribution is 0.543. The zero-order valence-electron chi connectivity index (χ0n) is 15.4. The van der Waals surface area contributed by atoms with E-state index >= 15 is 0 Å². The molecule has 0 atom stereocenters. The van der Waals surface area contributed by atoms with Crippen LogP contribution in [0.2, 0.25) is 5.02 Å². The second-order valence-corrected chi connectivity index (χ2v) is 7.32. The largest absolute Gasteiger partial charge is 0.332 e. The van der Waals surface area contributed by atoms with E-state index in [-0.39, 0.29) is 11.2 Å². The van der Waals surface area contributed by atoms with Gasteiger partial charge in [0.1, 0.15) is 5.82 Å². The number of hydrogen-bond acceptors (Lipinski definition) is 5. The lowest BCUT2D eigenvalue weighted by Crippen LogP contribution is -2.40. The van der Waals surface area contributed by atoms with E-state index in [4.69, 9.17) is 11.6 Å². The molecule has 7 nitrogen and oxygen atoms in total. The van der Waals surface area contributed by atoms with Gasteiger partial charge in [-0.2, -0.15) is 5.10 Å². The first kappa shape index (κ1) is 18.4. The van der Waals surface area contributed by atoms with Gasteiger partial charge in [-0.3, -0.25) is 24.3 Å². The molecule has 1 saturated carbocycles. The minimum absolute atomic E-state index is 0.305. The Morgan fingerprint density at radius 2 is 2.07 bits per heavy atom. The number of aromatic nitrogens is 3. The summed E-state index contributed by atoms with van der Waals surface area (Å²) in [6.45, 7) is 2.72. The summed E-state index contributed by atoms with van der Waals surface area (Å²) in [7, 11) is 0. The van der Waals surface area contributed by atoms with Crippen LogP contribution in [-0.4, -0.2) is 20.3 Å². The Balaban J connectivity index is 1.67. The maximum Gasteiger partial charge on any atom is 0.332 e. The third kappa shape index (κ3) is 3.71. The van der Waals surface area contributed by atoms with E-state index < -0.39 is 0 Å². The standard InChI is InChI=1S/C20H20ClN5O2/c1-2-25-19(27)10-18(26(20(25)28)12-13-3-4-13)24-23-11-14-7-8-22-17-6-5-15(21)9-16(14)17/h5-11,13,24H,2-4,12H2,1H3/b23-11+. The summed E-state index contributed by atoms with van der Waals surface area (Å²) in [5.41, 5.74) is 3.87. The molecule has 1 N–H and O–H groups in total. The maximum absolute atomic E-state index is 12.7. The van der Waals surface area contributed by atoms with Gasteiger partial charge in [0, 0.05) is 41.3 Å². The van der Waals surface area contributed by atoms with Crippen LogP contribution in [0.1, 0.15) is 25.3 Å². The van der Waals surface area contributed by atoms with Gasteiger partial charge in [0.2, 0.25) is 0 Å². The fourth-order valence-corrected chi connectivity index (χ4v) is 3.33. The molecule has 1 aliphatic rings. The molecule has 0 unspecified atom stereocenters. The lowest BCUT2D eigenvalue weighted by atomic mass is 10.1. The van der Waals surface area contributed by atoms with Crippen LogP contribution in [0.5, 0.6) is 0 Å². The van der Waals surface area contributed by atoms with Crippen molar-refractivity contribution in [3.8, 4) is 0 Å². The van der Waals surface area contributed by atoms with Crippen molar-refractivity contribution in [3.63, 3.8) is 0 Å². The van der Waals surface area contributed by atoms with E-state index in [0.717, 1.165) is 29.3 Å². The Hall–Kier alpha value is -2.93. The molecule has 2 aromatic heterocycles. The average Bonchev–Trinajstić information content (AvgIpc) is 3.49. The third-order valence-corrected chi connectivity index (χ3v) is 5.09. The van der Waals surface area contributed by atoms with Gasteiger partial charge in [-0.15, -0.1) is 0 Å². The Labute approximate surface area is 166 Å². The molecule has 0 radical (unpaired) electrons. The first-order valence-corrected chi connectivity index (χ1v) is 9.62. The summed E-state index contributed by atoms with van der Waals surface area (Å²) < 4.78 is 2.83. The van der Waals surface area contributed by atoms with E-state index in [2.05, 4.69) is 15.5 Å². The van der Waals surface area contributed by atoms with Crippen molar-refractivity contribution in [2.75, 3.05) is 5.43 Å². The first-order chi connectivity index (χ1) is 13.6. The van der Waals surface area contributed by atoms with Crippen LogP contribution in [0.4, 0.5) is 5.82 Å². The molecule has 4 rings (SSSR count). The number of hydrogen-bond donors (Lipinski definition) is 1. The minimum atomic E-state index is -0.335. The summed E-state index contributed by atoms with van der Waals surface area (Å²) in [4.78, 5) is 29.2. The highest BCUT2D eigenvalue weighted by Crippen LogP contribution is 2.30. The molecule has 3 aromatic rings. The smallest absolute Gasteiger partial charge is 0.278 e. The SMILES string of the molecule is CCn1c(=O)cc(N/N=C/c2ccnc3ccc(Cl)cc23)n(CC2CC2)c1=O. The van der Waals surface area contributed by atoms with Crippen molar-refractivity contribution in [3.05, 3.63) is 68.0 Å². The molecule has 0 aliphatic heterocycles. The summed E-state index contributed by atoms with van der Waals surface area (Å²) in [6, 6.07) is 8.72. The summed E-state index contributed by atoms with van der Waals surface area (Å²) >= 11 is 6.10. The number of pyridine rings is 1. The van der Waals surface area contributed by atoms with Crippen LogP contribution in [0.15, 0.2) is 51.2 Å². The predicted octanol–water partition coefficient (Wildman–Crippen LogP) is 3.09. The Morgan fingerprint density at radius 1 is 1.25 bits per heavy atom. The van der Waals surface area contributed by atoms with Crippen LogP contribution in [0.25, 0.3) is 10.9 Å². The van der Waals surface area contributed by atoms with Gasteiger partial charge in [0.15, 0.2) is 0 Å². The zero-order valence-corrected chi connectivity index (χ0v) is 16.2. The van der Waals surface area contributed by atoms with Crippen molar-refractivity contribution in [2.45, 2.75) is 32.9 Å². The number of nitrogens with one attached hydrogen (secondary N) is 1. The van der Waals surface area contributed by atoms with Gasteiger partial charge >= 0.3 is 5.69 Å². The molecule has 0 spiro atoms. The normalized spacial score (nSPS) is 14.1. The van der Waals surface area contributed by atoms with Crippen LogP contribution >= 0.6 is 11.6 Å². The van der Waals surface area contributed by atoms with Gasteiger partial charge in [-0.05, 0) is 49.9 Å². The Bertz CT molecular complexity index is 1180. The summed E-state index contributed by atoms with van der Waals surface area (Å²) in [5, 5.41) is 5.75. The van der Waals surface area contributed by atoms with E-state index in [0.29, 0.717) is 29.8 Å². The molecule has 8 heteroatoms. The van der Waals surface area contributed by atoms with E-state index in [1.165, 1.54) is 10.6 Å². The first-order valence-electron chi connectivity index (χ1n) is 9.25. The van der Waals surface area contributed by atoms with Crippen molar-refractivity contribution >= 4 is 34.5 Å². The van der Waals surface area contributed by atoms with Gasteiger partial charge in [-0.25, -0.2) is 4.79 Å². The number of anilines is 1. The average molecular weight is 398 g/mol. The van der Waals surface area contributed by atoms with Gasteiger partial charge < -0.3 is 0 Å². The highest BCUT2D eigenvalue weighted by Gasteiger charge is 2.24. The number of benzene rings is 1. The highest BCUT2D eigenvalue weighted by molar-refractivity contribution is 6.31. The van der Waals surface area contributed by atoms with Crippen LogP contribution in [0, 0.1) is 5.92 Å². The Kier molecular flexibility index (Phi) is 5.00. The van der Waals surface area contributed by atoms with Crippen molar-refractivity contribution in [1.29, 1.82) is 0 Å². The highest BCUT2D eigenvalue weighted by atomic mass is 35.5. The lowest BCUT2D eigenvalue weighted by Gasteiger charge is -2.13. The molecule has 1 fully saturated rings. The number of rotatable bonds is 6. The molecule has 1 aromatic carbocycles. The molecule has 0 amide bonds. The molecular weight excluding hydrogens is 378 g/mol. The number of fused-ring (bicyclic) bond motifs is 1. The van der Waals surface area contributed by atoms with E-state index in [1.54, 1.807) is 30.0 Å². The van der Waals surface area contributed by atoms with Crippen molar-refractivity contribution in [1.82, 2.24) is 14.1 Å². The molecular formula is C20H20ClN5O2. The van der Waals surface area contributed by atoms with Gasteiger partial charge in [-0.1, -0.05) is 11.6 Å². The van der Waals surface area contributed by atoms with Gasteiger partial charge in [0.05, 0.1) is 11.7 Å². The van der Waals surface area contributed by atoms with Crippen LogP contribution < -0.4 is 16.7 Å².